The lowest BCUT2D eigenvalue weighted by molar-refractivity contribution is -0.118. The van der Waals surface area contributed by atoms with E-state index in [-0.39, 0.29) is 12.5 Å². The lowest BCUT2D eigenvalue weighted by atomic mass is 10.1. The quantitative estimate of drug-likeness (QED) is 0.574. The fourth-order valence-electron chi connectivity index (χ4n) is 2.56. The Bertz CT molecular complexity index is 948. The summed E-state index contributed by atoms with van der Waals surface area (Å²) in [4.78, 5) is 16.6. The zero-order valence-corrected chi connectivity index (χ0v) is 17.0. The summed E-state index contributed by atoms with van der Waals surface area (Å²) in [5.41, 5.74) is 2.66. The smallest absolute Gasteiger partial charge is 0.264 e. The predicted octanol–water partition coefficient (Wildman–Crippen LogP) is 5.37. The molecule has 3 rings (SSSR count). The SMILES string of the molecule is CCCOc1ccc2nc(NC(=O)COc3cc(C)c(Cl)c(C)c3)sc2c1. The van der Waals surface area contributed by atoms with Crippen molar-refractivity contribution in [3.63, 3.8) is 0 Å². The molecule has 1 amide bonds. The molecule has 1 aromatic heterocycles. The Kier molecular flexibility index (Phi) is 6.19. The molecule has 142 valence electrons. The topological polar surface area (TPSA) is 60.5 Å². The number of hydrogen-bond donors (Lipinski definition) is 1. The van der Waals surface area contributed by atoms with Gasteiger partial charge in [-0.15, -0.1) is 0 Å². The fraction of sp³-hybridized carbons (Fsp3) is 0.300. The van der Waals surface area contributed by atoms with Crippen LogP contribution in [0.15, 0.2) is 30.3 Å². The number of rotatable bonds is 7. The zero-order chi connectivity index (χ0) is 19.4. The van der Waals surface area contributed by atoms with Crippen molar-refractivity contribution in [2.45, 2.75) is 27.2 Å². The number of benzene rings is 2. The maximum absolute atomic E-state index is 12.2. The van der Waals surface area contributed by atoms with E-state index in [1.807, 2.05) is 44.2 Å². The summed E-state index contributed by atoms with van der Waals surface area (Å²) in [7, 11) is 0. The third-order valence-corrected chi connectivity index (χ3v) is 5.39. The van der Waals surface area contributed by atoms with Gasteiger partial charge in [0.15, 0.2) is 11.7 Å². The number of nitrogens with one attached hydrogen (secondary N) is 1. The Morgan fingerprint density at radius 1 is 1.15 bits per heavy atom. The number of carbonyl (C=O) groups is 1. The van der Waals surface area contributed by atoms with Crippen molar-refractivity contribution >= 4 is 44.2 Å². The fourth-order valence-corrected chi connectivity index (χ4v) is 3.58. The number of carbonyl (C=O) groups excluding carboxylic acids is 1. The molecule has 0 radical (unpaired) electrons. The van der Waals surface area contributed by atoms with E-state index in [9.17, 15) is 4.79 Å². The van der Waals surface area contributed by atoms with Crippen LogP contribution in [-0.2, 0) is 4.79 Å². The first-order valence-corrected chi connectivity index (χ1v) is 9.88. The van der Waals surface area contributed by atoms with Crippen LogP contribution in [0.5, 0.6) is 11.5 Å². The summed E-state index contributed by atoms with van der Waals surface area (Å²) >= 11 is 7.55. The molecule has 27 heavy (non-hydrogen) atoms. The highest BCUT2D eigenvalue weighted by Gasteiger charge is 2.10. The van der Waals surface area contributed by atoms with Crippen molar-refractivity contribution in [1.29, 1.82) is 0 Å². The van der Waals surface area contributed by atoms with Crippen LogP contribution in [0.25, 0.3) is 10.2 Å². The Morgan fingerprint density at radius 2 is 1.89 bits per heavy atom. The highest BCUT2D eigenvalue weighted by molar-refractivity contribution is 7.22. The molecule has 0 bridgehead atoms. The van der Waals surface area contributed by atoms with Gasteiger partial charge in [0, 0.05) is 5.02 Å². The van der Waals surface area contributed by atoms with Crippen LogP contribution < -0.4 is 14.8 Å². The van der Waals surface area contributed by atoms with Gasteiger partial charge in [-0.25, -0.2) is 4.98 Å². The van der Waals surface area contributed by atoms with Crippen LogP contribution in [-0.4, -0.2) is 24.1 Å². The molecular weight excluding hydrogens is 384 g/mol. The standard InChI is InChI=1S/C20H21ClN2O3S/c1-4-7-25-14-5-6-16-17(10-14)27-20(22-16)23-18(24)11-26-15-8-12(2)19(21)13(3)9-15/h5-6,8-10H,4,7,11H2,1-3H3,(H,22,23,24). The summed E-state index contributed by atoms with van der Waals surface area (Å²) < 4.78 is 12.2. The molecule has 0 saturated carbocycles. The third kappa shape index (κ3) is 4.90. The summed E-state index contributed by atoms with van der Waals surface area (Å²) in [5, 5.41) is 4.03. The van der Waals surface area contributed by atoms with Crippen molar-refractivity contribution in [3.05, 3.63) is 46.5 Å². The van der Waals surface area contributed by atoms with Crippen molar-refractivity contribution < 1.29 is 14.3 Å². The lowest BCUT2D eigenvalue weighted by Crippen LogP contribution is -2.20. The molecule has 0 spiro atoms. The Labute approximate surface area is 167 Å². The van der Waals surface area contributed by atoms with Crippen LogP contribution in [0.1, 0.15) is 24.5 Å². The van der Waals surface area contributed by atoms with Crippen molar-refractivity contribution in [2.75, 3.05) is 18.5 Å². The first kappa shape index (κ1) is 19.5. The van der Waals surface area contributed by atoms with E-state index in [2.05, 4.69) is 17.2 Å². The minimum absolute atomic E-state index is 0.0959. The summed E-state index contributed by atoms with van der Waals surface area (Å²) in [6.07, 6.45) is 0.953. The maximum atomic E-state index is 12.2. The van der Waals surface area contributed by atoms with Crippen LogP contribution in [0.3, 0.4) is 0 Å². The molecule has 0 fully saturated rings. The van der Waals surface area contributed by atoms with Gasteiger partial charge in [0.1, 0.15) is 11.5 Å². The number of anilines is 1. The van der Waals surface area contributed by atoms with Gasteiger partial charge < -0.3 is 9.47 Å². The Hall–Kier alpha value is -2.31. The summed E-state index contributed by atoms with van der Waals surface area (Å²) in [6, 6.07) is 9.35. The highest BCUT2D eigenvalue weighted by atomic mass is 35.5. The van der Waals surface area contributed by atoms with E-state index in [1.165, 1.54) is 11.3 Å². The number of ether oxygens (including phenoxy) is 2. The molecule has 0 unspecified atom stereocenters. The van der Waals surface area contributed by atoms with Gasteiger partial charge in [-0.05, 0) is 61.7 Å². The van der Waals surface area contributed by atoms with Gasteiger partial charge in [-0.1, -0.05) is 29.9 Å². The number of nitrogens with zero attached hydrogens (tertiary/aromatic N) is 1. The van der Waals surface area contributed by atoms with Crippen molar-refractivity contribution in [3.8, 4) is 11.5 Å². The average Bonchev–Trinajstić information content (AvgIpc) is 3.03. The first-order chi connectivity index (χ1) is 13.0. The van der Waals surface area contributed by atoms with E-state index in [4.69, 9.17) is 21.1 Å². The number of halogens is 1. The molecule has 5 nitrogen and oxygen atoms in total. The van der Waals surface area contributed by atoms with Crippen LogP contribution in [0.4, 0.5) is 5.13 Å². The van der Waals surface area contributed by atoms with E-state index >= 15 is 0 Å². The number of thiazole rings is 1. The number of aromatic nitrogens is 1. The second kappa shape index (κ2) is 8.59. The number of fused-ring (bicyclic) bond motifs is 1. The largest absolute Gasteiger partial charge is 0.494 e. The molecule has 0 aliphatic carbocycles. The minimum Gasteiger partial charge on any atom is -0.494 e. The first-order valence-electron chi connectivity index (χ1n) is 8.69. The highest BCUT2D eigenvalue weighted by Crippen LogP contribution is 2.29. The van der Waals surface area contributed by atoms with Crippen LogP contribution in [0.2, 0.25) is 5.02 Å². The molecule has 1 N–H and O–H groups in total. The maximum Gasteiger partial charge on any atom is 0.264 e. The molecule has 0 aliphatic rings. The van der Waals surface area contributed by atoms with Gasteiger partial charge in [-0.2, -0.15) is 0 Å². The van der Waals surface area contributed by atoms with Gasteiger partial charge >= 0.3 is 0 Å². The van der Waals surface area contributed by atoms with E-state index in [0.29, 0.717) is 22.5 Å². The predicted molar refractivity (Wildman–Crippen MR) is 110 cm³/mol. The molecule has 1 heterocycles. The molecule has 2 aromatic carbocycles. The van der Waals surface area contributed by atoms with Crippen LogP contribution in [0, 0.1) is 13.8 Å². The summed E-state index contributed by atoms with van der Waals surface area (Å²) in [6.45, 7) is 6.45. The molecule has 0 aliphatic heterocycles. The number of aryl methyl sites for hydroxylation is 2. The molecule has 0 atom stereocenters. The number of amides is 1. The second-order valence-electron chi connectivity index (χ2n) is 6.20. The lowest BCUT2D eigenvalue weighted by Gasteiger charge is -2.09. The average molecular weight is 405 g/mol. The van der Waals surface area contributed by atoms with Crippen molar-refractivity contribution in [1.82, 2.24) is 4.98 Å². The molecule has 0 saturated heterocycles. The summed E-state index contributed by atoms with van der Waals surface area (Å²) in [5.74, 6) is 1.16. The second-order valence-corrected chi connectivity index (χ2v) is 7.61. The Morgan fingerprint density at radius 3 is 2.59 bits per heavy atom. The van der Waals surface area contributed by atoms with Gasteiger partial charge in [0.05, 0.1) is 16.8 Å². The van der Waals surface area contributed by atoms with E-state index < -0.39 is 0 Å². The van der Waals surface area contributed by atoms with Crippen LogP contribution >= 0.6 is 22.9 Å². The van der Waals surface area contributed by atoms with Crippen molar-refractivity contribution in [2.24, 2.45) is 0 Å². The molecule has 3 aromatic rings. The molecular formula is C20H21ClN2O3S. The van der Waals surface area contributed by atoms with Gasteiger partial charge in [0.25, 0.3) is 5.91 Å². The normalized spacial score (nSPS) is 10.8. The van der Waals surface area contributed by atoms with E-state index in [1.54, 1.807) is 0 Å². The van der Waals surface area contributed by atoms with E-state index in [0.717, 1.165) is 33.5 Å². The Balaban J connectivity index is 1.62. The minimum atomic E-state index is -0.262. The third-order valence-electron chi connectivity index (χ3n) is 3.86. The van der Waals surface area contributed by atoms with Gasteiger partial charge in [0.2, 0.25) is 0 Å². The number of hydrogen-bond acceptors (Lipinski definition) is 5. The molecule has 7 heteroatoms. The van der Waals surface area contributed by atoms with Gasteiger partial charge in [-0.3, -0.25) is 10.1 Å². The monoisotopic (exact) mass is 404 g/mol. The zero-order valence-electron chi connectivity index (χ0n) is 15.5.